The van der Waals surface area contributed by atoms with Crippen LogP contribution in [0.25, 0.3) is 0 Å². The Morgan fingerprint density at radius 3 is 2.78 bits per heavy atom. The molecule has 128 valence electrons. The Bertz CT molecular complexity index is 625. The van der Waals surface area contributed by atoms with Crippen LogP contribution < -0.4 is 4.90 Å². The minimum atomic E-state index is -3.16. The minimum absolute atomic E-state index is 0.148. The molecule has 23 heavy (non-hydrogen) atoms. The monoisotopic (exact) mass is 340 g/mol. The van der Waals surface area contributed by atoms with Crippen molar-refractivity contribution < 1.29 is 13.2 Å². The molecule has 7 nitrogen and oxygen atoms in total. The van der Waals surface area contributed by atoms with E-state index < -0.39 is 10.0 Å². The van der Waals surface area contributed by atoms with Crippen LogP contribution in [-0.2, 0) is 14.8 Å². The van der Waals surface area contributed by atoms with Crippen LogP contribution in [0.2, 0.25) is 0 Å². The summed E-state index contributed by atoms with van der Waals surface area (Å²) in [4.78, 5) is 10.8. The summed E-state index contributed by atoms with van der Waals surface area (Å²) in [5.41, 5.74) is -0.184. The molecule has 8 heteroatoms. The minimum Gasteiger partial charge on any atom is -0.379 e. The number of sulfonamides is 1. The maximum Gasteiger partial charge on any atom is 0.225 e. The molecule has 1 aromatic heterocycles. The van der Waals surface area contributed by atoms with Crippen molar-refractivity contribution in [2.24, 2.45) is 5.41 Å². The first-order chi connectivity index (χ1) is 11.0. The molecule has 0 saturated carbocycles. The van der Waals surface area contributed by atoms with E-state index in [1.54, 1.807) is 29.7 Å². The predicted octanol–water partition coefficient (Wildman–Crippen LogP) is 0.745. The van der Waals surface area contributed by atoms with Crippen molar-refractivity contribution in [1.29, 1.82) is 0 Å². The third-order valence-corrected chi connectivity index (χ3v) is 6.49. The largest absolute Gasteiger partial charge is 0.379 e. The van der Waals surface area contributed by atoms with Gasteiger partial charge in [0.05, 0.1) is 19.0 Å². The zero-order valence-electron chi connectivity index (χ0n) is 13.5. The number of aromatic nitrogens is 2. The first kappa shape index (κ1) is 16.6. The summed E-state index contributed by atoms with van der Waals surface area (Å²) >= 11 is 0. The Morgan fingerprint density at radius 2 is 2.04 bits per heavy atom. The molecule has 2 aliphatic rings. The second-order valence-electron chi connectivity index (χ2n) is 6.36. The summed E-state index contributed by atoms with van der Waals surface area (Å²) in [6.45, 7) is 5.49. The van der Waals surface area contributed by atoms with Crippen molar-refractivity contribution in [2.45, 2.75) is 19.8 Å². The maximum absolute atomic E-state index is 12.3. The van der Waals surface area contributed by atoms with Crippen LogP contribution >= 0.6 is 0 Å². The highest BCUT2D eigenvalue weighted by Gasteiger charge is 2.42. The molecule has 2 aliphatic heterocycles. The summed E-state index contributed by atoms with van der Waals surface area (Å²) in [5, 5.41) is 0. The molecule has 3 heterocycles. The average Bonchev–Trinajstić information content (AvgIpc) is 2.78. The van der Waals surface area contributed by atoms with Crippen LogP contribution in [0.5, 0.6) is 0 Å². The van der Waals surface area contributed by atoms with Gasteiger partial charge in [-0.1, -0.05) is 0 Å². The lowest BCUT2D eigenvalue weighted by molar-refractivity contribution is 0.0350. The van der Waals surface area contributed by atoms with E-state index in [0.717, 1.165) is 25.9 Å². The van der Waals surface area contributed by atoms with Gasteiger partial charge in [0.15, 0.2) is 0 Å². The van der Waals surface area contributed by atoms with Gasteiger partial charge >= 0.3 is 0 Å². The van der Waals surface area contributed by atoms with Gasteiger partial charge in [-0.15, -0.1) is 0 Å². The number of ether oxygens (including phenoxy) is 1. The first-order valence-electron chi connectivity index (χ1n) is 8.12. The maximum atomic E-state index is 12.3. The fourth-order valence-electron chi connectivity index (χ4n) is 3.45. The summed E-state index contributed by atoms with van der Waals surface area (Å²) in [6.07, 6.45) is 5.29. The molecular formula is C15H24N4O3S. The quantitative estimate of drug-likeness (QED) is 0.808. The Kier molecular flexibility index (Phi) is 4.84. The third kappa shape index (κ3) is 3.64. The number of rotatable bonds is 3. The normalized spacial score (nSPS) is 27.1. The van der Waals surface area contributed by atoms with E-state index in [2.05, 4.69) is 14.9 Å². The van der Waals surface area contributed by atoms with Gasteiger partial charge in [-0.2, -0.15) is 0 Å². The summed E-state index contributed by atoms with van der Waals surface area (Å²) < 4.78 is 32.0. The fraction of sp³-hybridized carbons (Fsp3) is 0.733. The Balaban J connectivity index is 1.82. The molecule has 1 aromatic rings. The van der Waals surface area contributed by atoms with E-state index >= 15 is 0 Å². The van der Waals surface area contributed by atoms with E-state index in [1.807, 2.05) is 0 Å². The van der Waals surface area contributed by atoms with E-state index in [-0.39, 0.29) is 11.2 Å². The Morgan fingerprint density at radius 1 is 1.26 bits per heavy atom. The molecule has 2 fully saturated rings. The molecule has 3 rings (SSSR count). The lowest BCUT2D eigenvalue weighted by Gasteiger charge is -2.42. The number of hydrogen-bond acceptors (Lipinski definition) is 6. The van der Waals surface area contributed by atoms with Crippen LogP contribution in [0.1, 0.15) is 19.8 Å². The highest BCUT2D eigenvalue weighted by Crippen LogP contribution is 2.34. The fourth-order valence-corrected chi connectivity index (χ4v) is 4.69. The van der Waals surface area contributed by atoms with Gasteiger partial charge in [0.1, 0.15) is 0 Å². The number of hydrogen-bond donors (Lipinski definition) is 0. The standard InChI is InChI=1S/C15H24N4O3S/c1-2-23(20,21)19-8-3-5-15(12-19)11-18(9-10-22-13-15)14-16-6-4-7-17-14/h4,6-7H,2-3,5,8-13H2,1H3/t15-/m1/s1. The number of anilines is 1. The Hall–Kier alpha value is -1.25. The third-order valence-electron chi connectivity index (χ3n) is 4.66. The molecule has 0 aliphatic carbocycles. The van der Waals surface area contributed by atoms with Crippen LogP contribution in [0.3, 0.4) is 0 Å². The van der Waals surface area contributed by atoms with Crippen molar-refractivity contribution in [3.8, 4) is 0 Å². The number of nitrogens with zero attached hydrogens (tertiary/aromatic N) is 4. The van der Waals surface area contributed by atoms with Crippen LogP contribution in [-0.4, -0.2) is 67.8 Å². The molecule has 1 atom stereocenters. The van der Waals surface area contributed by atoms with Gasteiger partial charge in [-0.25, -0.2) is 22.7 Å². The van der Waals surface area contributed by atoms with Crippen LogP contribution in [0, 0.1) is 5.41 Å². The topological polar surface area (TPSA) is 75.6 Å². The molecule has 0 N–H and O–H groups in total. The van der Waals surface area contributed by atoms with E-state index in [9.17, 15) is 8.42 Å². The highest BCUT2D eigenvalue weighted by atomic mass is 32.2. The zero-order chi connectivity index (χ0) is 16.3. The number of piperidine rings is 1. The lowest BCUT2D eigenvalue weighted by Crippen LogP contribution is -2.52. The predicted molar refractivity (Wildman–Crippen MR) is 87.8 cm³/mol. The van der Waals surface area contributed by atoms with Crippen molar-refractivity contribution >= 4 is 16.0 Å². The van der Waals surface area contributed by atoms with Crippen LogP contribution in [0.15, 0.2) is 18.5 Å². The highest BCUT2D eigenvalue weighted by molar-refractivity contribution is 7.89. The molecule has 0 unspecified atom stereocenters. The van der Waals surface area contributed by atoms with Crippen LogP contribution in [0.4, 0.5) is 5.95 Å². The zero-order valence-corrected chi connectivity index (χ0v) is 14.3. The first-order valence-corrected chi connectivity index (χ1v) is 9.73. The van der Waals surface area contributed by atoms with E-state index in [0.29, 0.717) is 32.3 Å². The SMILES string of the molecule is CCS(=O)(=O)N1CCC[C@]2(COCCN(c3ncccn3)C2)C1. The molecule has 0 bridgehead atoms. The molecule has 2 saturated heterocycles. The van der Waals surface area contributed by atoms with E-state index in [4.69, 9.17) is 4.74 Å². The second kappa shape index (κ2) is 6.70. The van der Waals surface area contributed by atoms with Gasteiger partial charge in [0.2, 0.25) is 16.0 Å². The van der Waals surface area contributed by atoms with Gasteiger partial charge in [-0.05, 0) is 25.8 Å². The Labute approximate surface area is 137 Å². The van der Waals surface area contributed by atoms with Gasteiger partial charge < -0.3 is 9.64 Å². The van der Waals surface area contributed by atoms with Crippen molar-refractivity contribution in [2.75, 3.05) is 50.0 Å². The molecule has 0 amide bonds. The molecule has 1 spiro atoms. The smallest absolute Gasteiger partial charge is 0.225 e. The molecule has 0 aromatic carbocycles. The van der Waals surface area contributed by atoms with Crippen molar-refractivity contribution in [3.05, 3.63) is 18.5 Å². The van der Waals surface area contributed by atoms with Gasteiger partial charge in [0.25, 0.3) is 0 Å². The second-order valence-corrected chi connectivity index (χ2v) is 8.62. The summed E-state index contributed by atoms with van der Waals surface area (Å²) in [5.74, 6) is 0.836. The lowest BCUT2D eigenvalue weighted by atomic mass is 9.81. The molecule has 0 radical (unpaired) electrons. The average molecular weight is 340 g/mol. The molecular weight excluding hydrogens is 316 g/mol. The summed E-state index contributed by atoms with van der Waals surface area (Å²) in [7, 11) is -3.16. The van der Waals surface area contributed by atoms with Gasteiger partial charge in [0, 0.05) is 44.0 Å². The van der Waals surface area contributed by atoms with Crippen molar-refractivity contribution in [1.82, 2.24) is 14.3 Å². The van der Waals surface area contributed by atoms with Gasteiger partial charge in [-0.3, -0.25) is 0 Å². The van der Waals surface area contributed by atoms with Crippen molar-refractivity contribution in [3.63, 3.8) is 0 Å². The van der Waals surface area contributed by atoms with E-state index in [1.165, 1.54) is 0 Å². The summed E-state index contributed by atoms with van der Waals surface area (Å²) in [6, 6.07) is 1.80.